The van der Waals surface area contributed by atoms with Gasteiger partial charge < -0.3 is 14.9 Å². The molecule has 98 valence electrons. The van der Waals surface area contributed by atoms with Gasteiger partial charge in [-0.05, 0) is 18.6 Å². The van der Waals surface area contributed by atoms with Crippen LogP contribution in [0.5, 0.6) is 5.75 Å². The van der Waals surface area contributed by atoms with Crippen molar-refractivity contribution in [3.8, 4) is 5.75 Å². The molecule has 0 saturated carbocycles. The lowest BCUT2D eigenvalue weighted by atomic mass is 9.99. The number of carboxylic acid groups (broad SMARTS) is 1. The molecule has 0 spiro atoms. The molecule has 5 nitrogen and oxygen atoms in total. The van der Waals surface area contributed by atoms with Gasteiger partial charge in [-0.25, -0.2) is 4.79 Å². The maximum absolute atomic E-state index is 12.2. The Bertz CT molecular complexity index is 473. The van der Waals surface area contributed by atoms with Gasteiger partial charge >= 0.3 is 12.6 Å². The fourth-order valence-electron chi connectivity index (χ4n) is 1.49. The zero-order chi connectivity index (χ0) is 13.9. The van der Waals surface area contributed by atoms with Gasteiger partial charge in [0.1, 0.15) is 5.75 Å². The van der Waals surface area contributed by atoms with Gasteiger partial charge in [-0.1, -0.05) is 6.07 Å². The monoisotopic (exact) mass is 260 g/mol. The van der Waals surface area contributed by atoms with Crippen molar-refractivity contribution < 1.29 is 33.3 Å². The number of rotatable bonds is 5. The van der Waals surface area contributed by atoms with E-state index in [1.807, 2.05) is 0 Å². The third kappa shape index (κ3) is 2.80. The molecule has 7 heteroatoms. The number of carbonyl (C=O) groups excluding carboxylic acids is 1. The number of carbonyl (C=O) groups is 2. The van der Waals surface area contributed by atoms with Crippen molar-refractivity contribution in [3.63, 3.8) is 0 Å². The smallest absolute Gasteiger partial charge is 0.387 e. The van der Waals surface area contributed by atoms with Gasteiger partial charge in [0.2, 0.25) is 0 Å². The summed E-state index contributed by atoms with van der Waals surface area (Å²) in [4.78, 5) is 21.4. The molecule has 18 heavy (non-hydrogen) atoms. The number of aryl methyl sites for hydroxylation is 1. The number of hydrogen-bond acceptors (Lipinski definition) is 4. The second kappa shape index (κ2) is 5.54. The van der Waals surface area contributed by atoms with E-state index >= 15 is 0 Å². The molecule has 0 heterocycles. The molecule has 0 saturated heterocycles. The number of aliphatic carboxylic acids is 1. The minimum atomic E-state index is -3.23. The highest BCUT2D eigenvalue weighted by Crippen LogP contribution is 2.33. The molecule has 0 aliphatic heterocycles. The molecule has 1 rings (SSSR count). The van der Waals surface area contributed by atoms with Crippen molar-refractivity contribution in [1.82, 2.24) is 0 Å². The van der Waals surface area contributed by atoms with E-state index in [1.54, 1.807) is 0 Å². The van der Waals surface area contributed by atoms with Crippen LogP contribution in [-0.2, 0) is 4.79 Å². The molecule has 0 bridgehead atoms. The lowest BCUT2D eigenvalue weighted by molar-refractivity contribution is -0.147. The largest absolute Gasteiger partial charge is 0.479 e. The second-order valence-electron chi connectivity index (χ2n) is 3.45. The average Bonchev–Trinajstić information content (AvgIpc) is 2.28. The van der Waals surface area contributed by atoms with Crippen LogP contribution in [0.3, 0.4) is 0 Å². The van der Waals surface area contributed by atoms with E-state index in [-0.39, 0.29) is 23.0 Å². The lowest BCUT2D eigenvalue weighted by Gasteiger charge is -2.17. The van der Waals surface area contributed by atoms with E-state index in [2.05, 4.69) is 4.74 Å². The van der Waals surface area contributed by atoms with E-state index in [1.165, 1.54) is 19.1 Å². The lowest BCUT2D eigenvalue weighted by Crippen LogP contribution is -2.16. The van der Waals surface area contributed by atoms with Crippen LogP contribution in [0.2, 0.25) is 0 Å². The molecule has 1 aromatic rings. The van der Waals surface area contributed by atoms with Crippen molar-refractivity contribution >= 4 is 12.3 Å². The summed E-state index contributed by atoms with van der Waals surface area (Å²) >= 11 is 0. The van der Waals surface area contributed by atoms with E-state index in [4.69, 9.17) is 5.11 Å². The molecular formula is C11H10F2O5. The minimum Gasteiger partial charge on any atom is -0.479 e. The first-order chi connectivity index (χ1) is 8.38. The molecule has 0 radical (unpaired) electrons. The number of alkyl halides is 2. The molecule has 0 fully saturated rings. The molecular weight excluding hydrogens is 250 g/mol. The van der Waals surface area contributed by atoms with Gasteiger partial charge in [-0.3, -0.25) is 4.79 Å². The summed E-state index contributed by atoms with van der Waals surface area (Å²) in [7, 11) is 0. The Labute approximate surface area is 101 Å². The standard InChI is InChI=1S/C11H10F2O5/c1-5-2-3-6(4-14)9(18-11(12)13)7(5)8(15)10(16)17/h2-4,8,11,15H,1H3,(H,16,17). The normalized spacial score (nSPS) is 12.3. The summed E-state index contributed by atoms with van der Waals surface area (Å²) in [5.41, 5.74) is -0.380. The number of hydrogen-bond donors (Lipinski definition) is 2. The van der Waals surface area contributed by atoms with Crippen LogP contribution in [0.1, 0.15) is 27.6 Å². The molecule has 0 aliphatic rings. The fourth-order valence-corrected chi connectivity index (χ4v) is 1.49. The highest BCUT2D eigenvalue weighted by atomic mass is 19.3. The van der Waals surface area contributed by atoms with Gasteiger partial charge in [0.05, 0.1) is 5.56 Å². The summed E-state index contributed by atoms with van der Waals surface area (Å²) in [5.74, 6) is -2.24. The van der Waals surface area contributed by atoms with E-state index in [0.29, 0.717) is 0 Å². The maximum Gasteiger partial charge on any atom is 0.387 e. The number of aliphatic hydroxyl groups is 1. The third-order valence-corrected chi connectivity index (χ3v) is 2.29. The van der Waals surface area contributed by atoms with Crippen LogP contribution in [0, 0.1) is 6.92 Å². The Balaban J connectivity index is 3.44. The number of halogens is 2. The molecule has 1 unspecified atom stereocenters. The first-order valence-corrected chi connectivity index (χ1v) is 4.82. The molecule has 1 aromatic carbocycles. The number of aldehydes is 1. The van der Waals surface area contributed by atoms with Crippen molar-refractivity contribution in [2.75, 3.05) is 0 Å². The summed E-state index contributed by atoms with van der Waals surface area (Å²) in [6, 6.07) is 2.54. The van der Waals surface area contributed by atoms with Crippen molar-refractivity contribution in [1.29, 1.82) is 0 Å². The van der Waals surface area contributed by atoms with Gasteiger partial charge in [-0.15, -0.1) is 0 Å². The molecule has 1 atom stereocenters. The van der Waals surface area contributed by atoms with Crippen molar-refractivity contribution in [2.24, 2.45) is 0 Å². The Hall–Kier alpha value is -2.02. The molecule has 0 aromatic heterocycles. The zero-order valence-corrected chi connectivity index (χ0v) is 9.26. The van der Waals surface area contributed by atoms with E-state index < -0.39 is 24.4 Å². The van der Waals surface area contributed by atoms with Gasteiger partial charge in [0, 0.05) is 5.56 Å². The summed E-state index contributed by atoms with van der Waals surface area (Å²) < 4.78 is 28.6. The summed E-state index contributed by atoms with van der Waals surface area (Å²) in [5, 5.41) is 18.2. The SMILES string of the molecule is Cc1ccc(C=O)c(OC(F)F)c1C(O)C(=O)O. The third-order valence-electron chi connectivity index (χ3n) is 2.29. The Kier molecular flexibility index (Phi) is 4.33. The topological polar surface area (TPSA) is 83.8 Å². The minimum absolute atomic E-state index is 0.228. The number of benzene rings is 1. The van der Waals surface area contributed by atoms with Crippen LogP contribution in [-0.4, -0.2) is 29.1 Å². The van der Waals surface area contributed by atoms with Gasteiger partial charge in [-0.2, -0.15) is 8.78 Å². The van der Waals surface area contributed by atoms with Crippen LogP contribution >= 0.6 is 0 Å². The summed E-state index contributed by atoms with van der Waals surface area (Å²) in [6.07, 6.45) is -1.80. The van der Waals surface area contributed by atoms with E-state index in [0.717, 1.165) is 0 Å². The number of aliphatic hydroxyl groups excluding tert-OH is 1. The summed E-state index contributed by atoms with van der Waals surface area (Å²) in [6.45, 7) is -1.82. The van der Waals surface area contributed by atoms with Crippen LogP contribution < -0.4 is 4.74 Å². The van der Waals surface area contributed by atoms with Crippen LogP contribution in [0.4, 0.5) is 8.78 Å². The molecule has 0 amide bonds. The Morgan fingerprint density at radius 1 is 1.44 bits per heavy atom. The van der Waals surface area contributed by atoms with E-state index in [9.17, 15) is 23.5 Å². The van der Waals surface area contributed by atoms with Crippen molar-refractivity contribution in [3.05, 3.63) is 28.8 Å². The second-order valence-corrected chi connectivity index (χ2v) is 3.45. The predicted octanol–water partition coefficient (Wildman–Crippen LogP) is 1.53. The highest BCUT2D eigenvalue weighted by Gasteiger charge is 2.26. The highest BCUT2D eigenvalue weighted by molar-refractivity contribution is 5.84. The first kappa shape index (κ1) is 14.0. The van der Waals surface area contributed by atoms with Crippen LogP contribution in [0.15, 0.2) is 12.1 Å². The Morgan fingerprint density at radius 2 is 2.06 bits per heavy atom. The maximum atomic E-state index is 12.2. The quantitative estimate of drug-likeness (QED) is 0.784. The Morgan fingerprint density at radius 3 is 2.50 bits per heavy atom. The average molecular weight is 260 g/mol. The first-order valence-electron chi connectivity index (χ1n) is 4.82. The van der Waals surface area contributed by atoms with Gasteiger partial charge in [0.15, 0.2) is 12.4 Å². The zero-order valence-electron chi connectivity index (χ0n) is 9.26. The molecule has 2 N–H and O–H groups in total. The van der Waals surface area contributed by atoms with Gasteiger partial charge in [0.25, 0.3) is 0 Å². The fraction of sp³-hybridized carbons (Fsp3) is 0.273. The van der Waals surface area contributed by atoms with Crippen molar-refractivity contribution in [2.45, 2.75) is 19.6 Å². The predicted molar refractivity (Wildman–Crippen MR) is 55.8 cm³/mol. The number of carboxylic acids is 1. The van der Waals surface area contributed by atoms with Crippen LogP contribution in [0.25, 0.3) is 0 Å². The molecule has 0 aliphatic carbocycles. The number of ether oxygens (including phenoxy) is 1.